The van der Waals surface area contributed by atoms with Crippen LogP contribution in [0.3, 0.4) is 0 Å². The van der Waals surface area contributed by atoms with Crippen LogP contribution in [0.15, 0.2) is 71.8 Å². The summed E-state index contributed by atoms with van der Waals surface area (Å²) in [4.78, 5) is 22.5. The second-order valence-corrected chi connectivity index (χ2v) is 6.87. The van der Waals surface area contributed by atoms with Crippen molar-refractivity contribution in [3.05, 3.63) is 104 Å². The van der Waals surface area contributed by atoms with Crippen LogP contribution in [-0.2, 0) is 6.61 Å². The summed E-state index contributed by atoms with van der Waals surface area (Å²) in [6.07, 6.45) is 1.50. The van der Waals surface area contributed by atoms with Crippen molar-refractivity contribution >= 4 is 29.4 Å². The zero-order chi connectivity index (χ0) is 21.5. The monoisotopic (exact) mass is 423 g/mol. The zero-order valence-electron chi connectivity index (χ0n) is 16.0. The predicted molar refractivity (Wildman–Crippen MR) is 115 cm³/mol. The van der Waals surface area contributed by atoms with Crippen LogP contribution in [0.25, 0.3) is 0 Å². The first kappa shape index (κ1) is 21.0. The minimum absolute atomic E-state index is 0.0247. The SMILES string of the molecule is Cc1ccc(C(=O)N/N=C\c2ccc(OCc3cccc([N+](=O)[O-])c3)cc2)c(Cl)c1. The Hall–Kier alpha value is -3.71. The molecule has 0 atom stereocenters. The number of rotatable bonds is 7. The van der Waals surface area contributed by atoms with Gasteiger partial charge >= 0.3 is 0 Å². The summed E-state index contributed by atoms with van der Waals surface area (Å²) in [6, 6.07) is 18.5. The van der Waals surface area contributed by atoms with Crippen molar-refractivity contribution in [1.29, 1.82) is 0 Å². The Morgan fingerprint density at radius 3 is 2.63 bits per heavy atom. The van der Waals surface area contributed by atoms with Gasteiger partial charge in [-0.3, -0.25) is 14.9 Å². The van der Waals surface area contributed by atoms with E-state index in [1.165, 1.54) is 18.3 Å². The van der Waals surface area contributed by atoms with Crippen LogP contribution in [0.5, 0.6) is 5.75 Å². The number of non-ortho nitro benzene ring substituents is 1. The van der Waals surface area contributed by atoms with Crippen molar-refractivity contribution in [2.24, 2.45) is 5.10 Å². The minimum Gasteiger partial charge on any atom is -0.489 e. The maximum atomic E-state index is 12.1. The largest absolute Gasteiger partial charge is 0.489 e. The highest BCUT2D eigenvalue weighted by Crippen LogP contribution is 2.18. The third-order valence-corrected chi connectivity index (χ3v) is 4.47. The summed E-state index contributed by atoms with van der Waals surface area (Å²) in [5.74, 6) is 0.210. The van der Waals surface area contributed by atoms with Gasteiger partial charge in [0.15, 0.2) is 0 Å². The molecular weight excluding hydrogens is 406 g/mol. The average Bonchev–Trinajstić information content (AvgIpc) is 2.73. The lowest BCUT2D eigenvalue weighted by Gasteiger charge is -2.06. The Balaban J connectivity index is 1.54. The second-order valence-electron chi connectivity index (χ2n) is 6.47. The van der Waals surface area contributed by atoms with E-state index in [0.717, 1.165) is 11.1 Å². The Bertz CT molecular complexity index is 1100. The normalized spacial score (nSPS) is 10.7. The number of amides is 1. The minimum atomic E-state index is -0.441. The first-order valence-corrected chi connectivity index (χ1v) is 9.36. The van der Waals surface area contributed by atoms with E-state index >= 15 is 0 Å². The van der Waals surface area contributed by atoms with Gasteiger partial charge in [0.2, 0.25) is 0 Å². The fraction of sp³-hybridized carbons (Fsp3) is 0.0909. The number of nitro groups is 1. The molecule has 0 heterocycles. The predicted octanol–water partition coefficient (Wildman–Crippen LogP) is 4.90. The van der Waals surface area contributed by atoms with Gasteiger partial charge < -0.3 is 4.74 Å². The van der Waals surface area contributed by atoms with Gasteiger partial charge in [-0.2, -0.15) is 5.10 Å². The van der Waals surface area contributed by atoms with Gasteiger partial charge in [-0.25, -0.2) is 5.43 Å². The smallest absolute Gasteiger partial charge is 0.272 e. The number of halogens is 1. The molecular formula is C22H18ClN3O4. The number of nitrogens with one attached hydrogen (secondary N) is 1. The number of aryl methyl sites for hydroxylation is 1. The lowest BCUT2D eigenvalue weighted by molar-refractivity contribution is -0.384. The van der Waals surface area contributed by atoms with Crippen LogP contribution >= 0.6 is 11.6 Å². The number of nitro benzene ring substituents is 1. The van der Waals surface area contributed by atoms with E-state index in [1.807, 2.05) is 6.92 Å². The molecule has 3 aromatic rings. The number of carbonyl (C=O) groups excluding carboxylic acids is 1. The van der Waals surface area contributed by atoms with Crippen molar-refractivity contribution in [2.75, 3.05) is 0 Å². The van der Waals surface area contributed by atoms with Crippen LogP contribution in [0.1, 0.15) is 27.0 Å². The fourth-order valence-electron chi connectivity index (χ4n) is 2.61. The van der Waals surface area contributed by atoms with E-state index < -0.39 is 10.8 Å². The summed E-state index contributed by atoms with van der Waals surface area (Å²) >= 11 is 6.08. The van der Waals surface area contributed by atoms with Gasteiger partial charge in [-0.15, -0.1) is 0 Å². The van der Waals surface area contributed by atoms with Crippen LogP contribution < -0.4 is 10.2 Å². The highest BCUT2D eigenvalue weighted by Gasteiger charge is 2.09. The highest BCUT2D eigenvalue weighted by molar-refractivity contribution is 6.33. The zero-order valence-corrected chi connectivity index (χ0v) is 16.8. The molecule has 0 bridgehead atoms. The summed E-state index contributed by atoms with van der Waals surface area (Å²) in [5, 5.41) is 15.1. The van der Waals surface area contributed by atoms with Crippen molar-refractivity contribution < 1.29 is 14.5 Å². The van der Waals surface area contributed by atoms with E-state index in [9.17, 15) is 14.9 Å². The number of benzene rings is 3. The first-order chi connectivity index (χ1) is 14.4. The summed E-state index contributed by atoms with van der Waals surface area (Å²) < 4.78 is 5.65. The highest BCUT2D eigenvalue weighted by atomic mass is 35.5. The van der Waals surface area contributed by atoms with Crippen LogP contribution in [0.4, 0.5) is 5.69 Å². The number of nitrogens with zero attached hydrogens (tertiary/aromatic N) is 2. The molecule has 1 amide bonds. The molecule has 7 nitrogen and oxygen atoms in total. The van der Waals surface area contributed by atoms with Crippen LogP contribution in [0.2, 0.25) is 5.02 Å². The molecule has 0 unspecified atom stereocenters. The van der Waals surface area contributed by atoms with Crippen molar-refractivity contribution in [3.63, 3.8) is 0 Å². The lowest BCUT2D eigenvalue weighted by Crippen LogP contribution is -2.18. The van der Waals surface area contributed by atoms with E-state index in [4.69, 9.17) is 16.3 Å². The van der Waals surface area contributed by atoms with Gasteiger partial charge in [0.05, 0.1) is 21.7 Å². The maximum absolute atomic E-state index is 12.1. The Morgan fingerprint density at radius 1 is 1.17 bits per heavy atom. The van der Waals surface area contributed by atoms with E-state index in [-0.39, 0.29) is 12.3 Å². The summed E-state index contributed by atoms with van der Waals surface area (Å²) in [7, 11) is 0. The molecule has 0 saturated carbocycles. The average molecular weight is 424 g/mol. The summed E-state index contributed by atoms with van der Waals surface area (Å²) in [6.45, 7) is 2.10. The van der Waals surface area contributed by atoms with Gasteiger partial charge in [0.25, 0.3) is 11.6 Å². The van der Waals surface area contributed by atoms with Gasteiger partial charge in [-0.05, 0) is 60.0 Å². The molecule has 3 aromatic carbocycles. The standard InChI is InChI=1S/C22H18ClN3O4/c1-15-5-10-20(21(23)11-15)22(27)25-24-13-16-6-8-19(9-7-16)30-14-17-3-2-4-18(12-17)26(28)29/h2-13H,14H2,1H3,(H,25,27)/b24-13-. The van der Waals surface area contributed by atoms with Gasteiger partial charge in [0.1, 0.15) is 12.4 Å². The topological polar surface area (TPSA) is 93.8 Å². The molecule has 3 rings (SSSR count). The third kappa shape index (κ3) is 5.65. The Morgan fingerprint density at radius 2 is 1.93 bits per heavy atom. The Labute approximate surface area is 178 Å². The lowest BCUT2D eigenvalue weighted by atomic mass is 10.1. The van der Waals surface area contributed by atoms with Gasteiger partial charge in [0, 0.05) is 12.1 Å². The number of carbonyl (C=O) groups is 1. The molecule has 152 valence electrons. The first-order valence-electron chi connectivity index (χ1n) is 8.98. The van der Waals surface area contributed by atoms with Crippen LogP contribution in [0, 0.1) is 17.0 Å². The molecule has 1 N–H and O–H groups in total. The number of hydrogen-bond acceptors (Lipinski definition) is 5. The number of hydrazone groups is 1. The molecule has 30 heavy (non-hydrogen) atoms. The molecule has 0 spiro atoms. The molecule has 0 aliphatic heterocycles. The van der Waals surface area contributed by atoms with E-state index in [1.54, 1.807) is 54.6 Å². The van der Waals surface area contributed by atoms with E-state index in [2.05, 4.69) is 10.5 Å². The molecule has 0 aliphatic carbocycles. The summed E-state index contributed by atoms with van der Waals surface area (Å²) in [5.41, 5.74) is 5.24. The molecule has 0 radical (unpaired) electrons. The molecule has 0 fully saturated rings. The third-order valence-electron chi connectivity index (χ3n) is 4.16. The quantitative estimate of drug-likeness (QED) is 0.332. The number of hydrogen-bond donors (Lipinski definition) is 1. The number of ether oxygens (including phenoxy) is 1. The molecule has 0 aliphatic rings. The van der Waals surface area contributed by atoms with Crippen molar-refractivity contribution in [2.45, 2.75) is 13.5 Å². The fourth-order valence-corrected chi connectivity index (χ4v) is 2.93. The van der Waals surface area contributed by atoms with Gasteiger partial charge in [-0.1, -0.05) is 29.8 Å². The van der Waals surface area contributed by atoms with Crippen molar-refractivity contribution in [3.8, 4) is 5.75 Å². The Kier molecular flexibility index (Phi) is 6.77. The molecule has 0 saturated heterocycles. The molecule has 0 aromatic heterocycles. The maximum Gasteiger partial charge on any atom is 0.272 e. The second kappa shape index (κ2) is 9.67. The van der Waals surface area contributed by atoms with Crippen LogP contribution in [-0.4, -0.2) is 17.0 Å². The van der Waals surface area contributed by atoms with Crippen molar-refractivity contribution in [1.82, 2.24) is 5.43 Å². The van der Waals surface area contributed by atoms with E-state index in [0.29, 0.717) is 21.9 Å². The molecule has 8 heteroatoms.